The maximum atomic E-state index is 13.0. The summed E-state index contributed by atoms with van der Waals surface area (Å²) in [6, 6.07) is 3.38. The third kappa shape index (κ3) is 4.52. The van der Waals surface area contributed by atoms with Crippen LogP contribution in [0.1, 0.15) is 26.7 Å². The average molecular weight is 409 g/mol. The molecule has 1 aliphatic heterocycles. The lowest BCUT2D eigenvalue weighted by Crippen LogP contribution is -2.42. The largest absolute Gasteiger partial charge is 0.393 e. The monoisotopic (exact) mass is 409 g/mol. The molecule has 1 aromatic carbocycles. The summed E-state index contributed by atoms with van der Waals surface area (Å²) in [4.78, 5) is 11.8. The second-order valence-electron chi connectivity index (χ2n) is 6.32. The molecule has 0 amide bonds. The van der Waals surface area contributed by atoms with Gasteiger partial charge in [0.25, 0.3) is 5.69 Å². The van der Waals surface area contributed by atoms with Gasteiger partial charge in [0.2, 0.25) is 10.0 Å². The van der Waals surface area contributed by atoms with Crippen LogP contribution in [0.4, 0.5) is 24.5 Å². The summed E-state index contributed by atoms with van der Waals surface area (Å²) < 4.78 is 65.4. The number of piperidine rings is 1. The number of alkyl halides is 3. The molecule has 152 valence electrons. The van der Waals surface area contributed by atoms with E-state index in [4.69, 9.17) is 0 Å². The van der Waals surface area contributed by atoms with Crippen molar-refractivity contribution < 1.29 is 26.5 Å². The molecular weight excluding hydrogens is 387 g/mol. The number of benzene rings is 1. The van der Waals surface area contributed by atoms with Gasteiger partial charge in [0, 0.05) is 32.2 Å². The second kappa shape index (κ2) is 8.01. The summed E-state index contributed by atoms with van der Waals surface area (Å²) >= 11 is 0. The van der Waals surface area contributed by atoms with E-state index in [1.54, 1.807) is 13.8 Å². The minimum absolute atomic E-state index is 0.00690. The molecule has 1 aliphatic rings. The molecule has 27 heavy (non-hydrogen) atoms. The molecule has 0 radical (unpaired) electrons. The first-order valence-electron chi connectivity index (χ1n) is 8.62. The average Bonchev–Trinajstić information content (AvgIpc) is 2.61. The lowest BCUT2D eigenvalue weighted by atomic mass is 9.97. The Morgan fingerprint density at radius 2 is 1.93 bits per heavy atom. The standard InChI is InChI=1S/C16H22F3N3O4S/c1-3-21(4-2)27(25,26)13-7-8-14(15(10-13)22(23)24)20-9-5-6-12(11-20)16(17,18)19/h7-8,10,12H,3-6,9,11H2,1-2H3. The molecular formula is C16H22F3N3O4S. The van der Waals surface area contributed by atoms with Crippen molar-refractivity contribution in [1.82, 2.24) is 4.31 Å². The van der Waals surface area contributed by atoms with E-state index in [1.165, 1.54) is 17.0 Å². The first-order valence-corrected chi connectivity index (χ1v) is 10.1. The molecule has 0 bridgehead atoms. The predicted molar refractivity (Wildman–Crippen MR) is 94.2 cm³/mol. The molecule has 1 fully saturated rings. The number of rotatable bonds is 6. The summed E-state index contributed by atoms with van der Waals surface area (Å²) in [6.45, 7) is 3.56. The zero-order valence-electron chi connectivity index (χ0n) is 15.1. The van der Waals surface area contributed by atoms with Gasteiger partial charge >= 0.3 is 6.18 Å². The highest BCUT2D eigenvalue weighted by Gasteiger charge is 2.42. The molecule has 0 aliphatic carbocycles. The Hall–Kier alpha value is -1.88. The number of nitrogens with zero attached hydrogens (tertiary/aromatic N) is 3. The van der Waals surface area contributed by atoms with E-state index in [9.17, 15) is 31.7 Å². The van der Waals surface area contributed by atoms with Crippen LogP contribution in [0.25, 0.3) is 0 Å². The van der Waals surface area contributed by atoms with Crippen molar-refractivity contribution in [2.75, 3.05) is 31.1 Å². The summed E-state index contributed by atoms with van der Waals surface area (Å²) in [5.41, 5.74) is -0.501. The van der Waals surface area contributed by atoms with Crippen LogP contribution in [-0.4, -0.2) is 50.0 Å². The summed E-state index contributed by atoms with van der Waals surface area (Å²) in [7, 11) is -3.91. The van der Waals surface area contributed by atoms with E-state index in [0.717, 1.165) is 10.4 Å². The Morgan fingerprint density at radius 3 is 2.44 bits per heavy atom. The first kappa shape index (κ1) is 21.4. The van der Waals surface area contributed by atoms with Crippen molar-refractivity contribution in [2.45, 2.75) is 37.8 Å². The van der Waals surface area contributed by atoms with Gasteiger partial charge in [-0.1, -0.05) is 13.8 Å². The molecule has 1 aromatic rings. The fraction of sp³-hybridized carbons (Fsp3) is 0.625. The fourth-order valence-corrected chi connectivity index (χ4v) is 4.73. The number of halogens is 3. The molecule has 11 heteroatoms. The smallest absolute Gasteiger partial charge is 0.365 e. The van der Waals surface area contributed by atoms with Gasteiger partial charge in [0.15, 0.2) is 0 Å². The van der Waals surface area contributed by atoms with Crippen molar-refractivity contribution in [1.29, 1.82) is 0 Å². The van der Waals surface area contributed by atoms with Crippen LogP contribution in [0.15, 0.2) is 23.1 Å². The van der Waals surface area contributed by atoms with Gasteiger partial charge in [-0.2, -0.15) is 17.5 Å². The number of anilines is 1. The Labute approximate surface area is 156 Å². The highest BCUT2D eigenvalue weighted by Crippen LogP contribution is 2.38. The van der Waals surface area contributed by atoms with E-state index >= 15 is 0 Å². The maximum absolute atomic E-state index is 13.0. The molecule has 1 heterocycles. The molecule has 1 atom stereocenters. The Morgan fingerprint density at radius 1 is 1.30 bits per heavy atom. The van der Waals surface area contributed by atoms with Crippen molar-refractivity contribution >= 4 is 21.4 Å². The maximum Gasteiger partial charge on any atom is 0.393 e. The van der Waals surface area contributed by atoms with Gasteiger partial charge in [-0.25, -0.2) is 8.42 Å². The quantitative estimate of drug-likeness (QED) is 0.531. The Kier molecular flexibility index (Phi) is 6.35. The molecule has 0 spiro atoms. The van der Waals surface area contributed by atoms with Gasteiger partial charge in [-0.05, 0) is 25.0 Å². The minimum atomic E-state index is -4.38. The normalized spacial score (nSPS) is 18.7. The second-order valence-corrected chi connectivity index (χ2v) is 8.26. The Balaban J connectivity index is 2.43. The highest BCUT2D eigenvalue weighted by atomic mass is 32.2. The summed E-state index contributed by atoms with van der Waals surface area (Å²) in [5.74, 6) is -1.56. The van der Waals surface area contributed by atoms with E-state index in [0.29, 0.717) is 0 Å². The zero-order chi connectivity index (χ0) is 20.4. The SMILES string of the molecule is CCN(CC)S(=O)(=O)c1ccc(N2CCCC(C(F)(F)F)C2)c([N+](=O)[O-])c1. The first-order chi connectivity index (χ1) is 12.5. The van der Waals surface area contributed by atoms with Crippen LogP contribution in [0, 0.1) is 16.0 Å². The van der Waals surface area contributed by atoms with Crippen LogP contribution >= 0.6 is 0 Å². The molecule has 0 saturated carbocycles. The van der Waals surface area contributed by atoms with Gasteiger partial charge in [-0.15, -0.1) is 0 Å². The van der Waals surface area contributed by atoms with E-state index in [2.05, 4.69) is 0 Å². The number of nitro groups is 1. The van der Waals surface area contributed by atoms with Crippen LogP contribution in [-0.2, 0) is 10.0 Å². The van der Waals surface area contributed by atoms with Crippen molar-refractivity contribution in [3.63, 3.8) is 0 Å². The molecule has 2 rings (SSSR count). The number of hydrogen-bond donors (Lipinski definition) is 0. The van der Waals surface area contributed by atoms with Gasteiger partial charge in [0.05, 0.1) is 15.7 Å². The van der Waals surface area contributed by atoms with Gasteiger partial charge < -0.3 is 4.90 Å². The number of sulfonamides is 1. The van der Waals surface area contributed by atoms with Crippen molar-refractivity contribution in [2.24, 2.45) is 5.92 Å². The van der Waals surface area contributed by atoms with Crippen LogP contribution < -0.4 is 4.90 Å². The molecule has 7 nitrogen and oxygen atoms in total. The van der Waals surface area contributed by atoms with Gasteiger partial charge in [-0.3, -0.25) is 10.1 Å². The predicted octanol–water partition coefficient (Wildman–Crippen LogP) is 3.40. The van der Waals surface area contributed by atoms with Crippen LogP contribution in [0.3, 0.4) is 0 Å². The Bertz CT molecular complexity index is 795. The van der Waals surface area contributed by atoms with E-state index in [-0.39, 0.29) is 49.6 Å². The third-order valence-corrected chi connectivity index (χ3v) is 6.76. The van der Waals surface area contributed by atoms with E-state index in [1.807, 2.05) is 0 Å². The van der Waals surface area contributed by atoms with Crippen molar-refractivity contribution in [3.05, 3.63) is 28.3 Å². The zero-order valence-corrected chi connectivity index (χ0v) is 15.9. The summed E-state index contributed by atoms with van der Waals surface area (Å²) in [5, 5.41) is 11.5. The molecule has 0 aromatic heterocycles. The highest BCUT2D eigenvalue weighted by molar-refractivity contribution is 7.89. The third-order valence-electron chi connectivity index (χ3n) is 4.71. The van der Waals surface area contributed by atoms with E-state index < -0.39 is 32.7 Å². The number of hydrogen-bond acceptors (Lipinski definition) is 5. The fourth-order valence-electron chi connectivity index (χ4n) is 3.25. The molecule has 0 N–H and O–H groups in total. The topological polar surface area (TPSA) is 83.8 Å². The molecule has 1 unspecified atom stereocenters. The molecule has 1 saturated heterocycles. The number of nitro benzene ring substituents is 1. The van der Waals surface area contributed by atoms with Crippen molar-refractivity contribution in [3.8, 4) is 0 Å². The lowest BCUT2D eigenvalue weighted by Gasteiger charge is -2.35. The van der Waals surface area contributed by atoms with Crippen LogP contribution in [0.2, 0.25) is 0 Å². The lowest BCUT2D eigenvalue weighted by molar-refractivity contribution is -0.384. The summed E-state index contributed by atoms with van der Waals surface area (Å²) in [6.07, 6.45) is -4.15. The van der Waals surface area contributed by atoms with Crippen LogP contribution in [0.5, 0.6) is 0 Å². The van der Waals surface area contributed by atoms with Gasteiger partial charge in [0.1, 0.15) is 5.69 Å². The minimum Gasteiger partial charge on any atom is -0.365 e.